The van der Waals surface area contributed by atoms with Crippen LogP contribution in [0.3, 0.4) is 0 Å². The number of hydrogen-bond donors (Lipinski definition) is 0. The fourth-order valence-corrected chi connectivity index (χ4v) is 3.46. The molecule has 0 aliphatic carbocycles. The third-order valence-corrected chi connectivity index (χ3v) is 4.54. The lowest BCUT2D eigenvalue weighted by molar-refractivity contribution is 0.0453. The van der Waals surface area contributed by atoms with Crippen molar-refractivity contribution in [3.05, 3.63) is 30.1 Å². The predicted molar refractivity (Wildman–Crippen MR) is 77.5 cm³/mol. The van der Waals surface area contributed by atoms with Crippen LogP contribution < -0.4 is 4.74 Å². The predicted octanol–water partition coefficient (Wildman–Crippen LogP) is 1.59. The molecule has 0 amide bonds. The van der Waals surface area contributed by atoms with Crippen LogP contribution in [-0.2, 0) is 0 Å². The molecule has 6 heteroatoms. The Hall–Kier alpha value is -1.95. The first kappa shape index (κ1) is 12.8. The third-order valence-electron chi connectivity index (χ3n) is 4.54. The van der Waals surface area contributed by atoms with E-state index < -0.39 is 0 Å². The standard InChI is InChI=1S/C15H19N5O/c1-12-16-17-18-20(12)13-3-5-14(6-4-13)21-15-7-2-9-19(11-15)10-8-15/h3-6H,2,7-11H2,1H3. The van der Waals surface area contributed by atoms with Crippen LogP contribution in [0.1, 0.15) is 25.1 Å². The molecule has 21 heavy (non-hydrogen) atoms. The molecule has 1 aromatic carbocycles. The normalized spacial score (nSPS) is 27.8. The first-order chi connectivity index (χ1) is 10.2. The summed E-state index contributed by atoms with van der Waals surface area (Å²) in [6.45, 7) is 5.35. The zero-order valence-electron chi connectivity index (χ0n) is 12.2. The van der Waals surface area contributed by atoms with Crippen LogP contribution in [0.5, 0.6) is 5.75 Å². The van der Waals surface area contributed by atoms with Crippen molar-refractivity contribution < 1.29 is 4.74 Å². The summed E-state index contributed by atoms with van der Waals surface area (Å²) >= 11 is 0. The summed E-state index contributed by atoms with van der Waals surface area (Å²) in [5.74, 6) is 1.72. The number of rotatable bonds is 3. The van der Waals surface area contributed by atoms with Gasteiger partial charge in [0.05, 0.1) is 5.69 Å². The summed E-state index contributed by atoms with van der Waals surface area (Å²) in [5.41, 5.74) is 0.990. The molecule has 0 radical (unpaired) electrons. The van der Waals surface area contributed by atoms with Gasteiger partial charge in [0.1, 0.15) is 11.4 Å². The van der Waals surface area contributed by atoms with Crippen molar-refractivity contribution in [1.29, 1.82) is 0 Å². The molecule has 6 nitrogen and oxygen atoms in total. The summed E-state index contributed by atoms with van der Waals surface area (Å²) in [5, 5.41) is 11.5. The Morgan fingerprint density at radius 2 is 2.00 bits per heavy atom. The number of nitrogens with zero attached hydrogens (tertiary/aromatic N) is 5. The maximum absolute atomic E-state index is 6.33. The first-order valence-corrected chi connectivity index (χ1v) is 7.51. The van der Waals surface area contributed by atoms with Crippen LogP contribution >= 0.6 is 0 Å². The maximum atomic E-state index is 6.33. The van der Waals surface area contributed by atoms with E-state index in [1.165, 1.54) is 19.5 Å². The van der Waals surface area contributed by atoms with E-state index in [-0.39, 0.29) is 5.60 Å². The molecule has 110 valence electrons. The van der Waals surface area contributed by atoms with Crippen molar-refractivity contribution in [2.24, 2.45) is 0 Å². The third kappa shape index (κ3) is 2.29. The van der Waals surface area contributed by atoms with Crippen LogP contribution in [0.25, 0.3) is 5.69 Å². The monoisotopic (exact) mass is 285 g/mol. The van der Waals surface area contributed by atoms with E-state index >= 15 is 0 Å². The Balaban J connectivity index is 1.53. The highest BCUT2D eigenvalue weighted by Gasteiger charge is 2.42. The van der Waals surface area contributed by atoms with Crippen molar-refractivity contribution in [3.63, 3.8) is 0 Å². The van der Waals surface area contributed by atoms with Crippen LogP contribution in [0.2, 0.25) is 0 Å². The molecule has 3 heterocycles. The zero-order valence-corrected chi connectivity index (χ0v) is 12.2. The molecule has 0 N–H and O–H groups in total. The smallest absolute Gasteiger partial charge is 0.153 e. The Morgan fingerprint density at radius 1 is 1.14 bits per heavy atom. The minimum Gasteiger partial charge on any atom is -0.486 e. The second kappa shape index (κ2) is 4.80. The molecule has 2 bridgehead atoms. The van der Waals surface area contributed by atoms with Gasteiger partial charge in [-0.3, -0.25) is 4.90 Å². The van der Waals surface area contributed by atoms with Crippen molar-refractivity contribution in [3.8, 4) is 11.4 Å². The Labute approximate surface area is 123 Å². The number of fused-ring (bicyclic) bond motifs is 2. The van der Waals surface area contributed by atoms with Crippen molar-refractivity contribution in [2.75, 3.05) is 19.6 Å². The minimum absolute atomic E-state index is 0.0322. The zero-order chi connectivity index (χ0) is 14.3. The number of hydrogen-bond acceptors (Lipinski definition) is 5. The second-order valence-electron chi connectivity index (χ2n) is 6.05. The number of aryl methyl sites for hydroxylation is 1. The van der Waals surface area contributed by atoms with E-state index in [0.29, 0.717) is 0 Å². The highest BCUT2D eigenvalue weighted by atomic mass is 16.5. The molecular weight excluding hydrogens is 266 g/mol. The van der Waals surface area contributed by atoms with Gasteiger partial charge in [-0.1, -0.05) is 0 Å². The van der Waals surface area contributed by atoms with E-state index in [1.807, 2.05) is 31.2 Å². The van der Waals surface area contributed by atoms with Crippen molar-refractivity contribution in [2.45, 2.75) is 31.8 Å². The van der Waals surface area contributed by atoms with Crippen LogP contribution in [-0.4, -0.2) is 50.3 Å². The van der Waals surface area contributed by atoms with Gasteiger partial charge in [-0.25, -0.2) is 0 Å². The number of piperidine rings is 1. The average molecular weight is 285 g/mol. The second-order valence-corrected chi connectivity index (χ2v) is 6.05. The van der Waals surface area contributed by atoms with Gasteiger partial charge in [-0.05, 0) is 61.0 Å². The number of ether oxygens (including phenoxy) is 1. The van der Waals surface area contributed by atoms with Gasteiger partial charge in [0.2, 0.25) is 0 Å². The summed E-state index contributed by atoms with van der Waals surface area (Å²) in [6, 6.07) is 8.04. The number of tetrazole rings is 1. The summed E-state index contributed by atoms with van der Waals surface area (Å²) in [7, 11) is 0. The van der Waals surface area contributed by atoms with Gasteiger partial charge in [0.15, 0.2) is 5.82 Å². The van der Waals surface area contributed by atoms with E-state index in [4.69, 9.17) is 4.74 Å². The first-order valence-electron chi connectivity index (χ1n) is 7.51. The molecule has 2 aliphatic rings. The van der Waals surface area contributed by atoms with Crippen LogP contribution in [0.4, 0.5) is 0 Å². The quantitative estimate of drug-likeness (QED) is 0.857. The van der Waals surface area contributed by atoms with E-state index in [1.54, 1.807) is 4.68 Å². The van der Waals surface area contributed by atoms with Gasteiger partial charge >= 0.3 is 0 Å². The Morgan fingerprint density at radius 3 is 2.76 bits per heavy atom. The lowest BCUT2D eigenvalue weighted by Crippen LogP contribution is -2.43. The van der Waals surface area contributed by atoms with Crippen LogP contribution in [0, 0.1) is 6.92 Å². The Kier molecular flexibility index (Phi) is 2.92. The molecule has 1 aromatic heterocycles. The molecule has 2 aliphatic heterocycles. The molecule has 0 saturated carbocycles. The lowest BCUT2D eigenvalue weighted by Gasteiger charge is -2.34. The molecule has 0 spiro atoms. The molecular formula is C15H19N5O. The van der Waals surface area contributed by atoms with E-state index in [0.717, 1.165) is 36.6 Å². The summed E-state index contributed by atoms with van der Waals surface area (Å²) < 4.78 is 8.06. The average Bonchev–Trinajstić information content (AvgIpc) is 3.04. The fraction of sp³-hybridized carbons (Fsp3) is 0.533. The minimum atomic E-state index is 0.0322. The summed E-state index contributed by atoms with van der Waals surface area (Å²) in [6.07, 6.45) is 3.54. The SMILES string of the molecule is Cc1nnnn1-c1ccc(OC23CCCN(CC2)C3)cc1. The van der Waals surface area contributed by atoms with E-state index in [2.05, 4.69) is 20.4 Å². The van der Waals surface area contributed by atoms with Gasteiger partial charge in [0.25, 0.3) is 0 Å². The fourth-order valence-electron chi connectivity index (χ4n) is 3.46. The van der Waals surface area contributed by atoms with Crippen molar-refractivity contribution in [1.82, 2.24) is 25.1 Å². The molecule has 2 atom stereocenters. The van der Waals surface area contributed by atoms with Crippen molar-refractivity contribution >= 4 is 0 Å². The van der Waals surface area contributed by atoms with Gasteiger partial charge in [0, 0.05) is 19.5 Å². The summed E-state index contributed by atoms with van der Waals surface area (Å²) in [4.78, 5) is 2.50. The van der Waals surface area contributed by atoms with E-state index in [9.17, 15) is 0 Å². The largest absolute Gasteiger partial charge is 0.486 e. The topological polar surface area (TPSA) is 56.1 Å². The molecule has 2 unspecified atom stereocenters. The maximum Gasteiger partial charge on any atom is 0.153 e. The molecule has 4 rings (SSSR count). The van der Waals surface area contributed by atoms with Crippen LogP contribution in [0.15, 0.2) is 24.3 Å². The van der Waals surface area contributed by atoms with Gasteiger partial charge in [-0.2, -0.15) is 4.68 Å². The van der Waals surface area contributed by atoms with Gasteiger partial charge < -0.3 is 4.74 Å². The number of aromatic nitrogens is 4. The highest BCUT2D eigenvalue weighted by molar-refractivity contribution is 5.37. The molecule has 2 fully saturated rings. The highest BCUT2D eigenvalue weighted by Crippen LogP contribution is 2.35. The lowest BCUT2D eigenvalue weighted by atomic mass is 9.94. The number of benzene rings is 1. The van der Waals surface area contributed by atoms with Gasteiger partial charge in [-0.15, -0.1) is 5.10 Å². The molecule has 2 aromatic rings. The molecule has 2 saturated heterocycles. The Bertz CT molecular complexity index is 634.